The van der Waals surface area contributed by atoms with E-state index in [1.165, 1.54) is 45.3 Å². The summed E-state index contributed by atoms with van der Waals surface area (Å²) in [7, 11) is 4.77. The Labute approximate surface area is 211 Å². The molecule has 14 heteroatoms. The molecule has 0 unspecified atom stereocenters. The number of carbonyl (C=O) groups excluding carboxylic acids is 4. The Kier molecular flexibility index (Phi) is 8.12. The molecule has 0 aliphatic rings. The van der Waals surface area contributed by atoms with Crippen LogP contribution in [0.1, 0.15) is 44.8 Å². The van der Waals surface area contributed by atoms with Crippen LogP contribution in [0.25, 0.3) is 0 Å². The van der Waals surface area contributed by atoms with Crippen LogP contribution in [0, 0.1) is 10.1 Å². The summed E-state index contributed by atoms with van der Waals surface area (Å²) in [4.78, 5) is 59.6. The summed E-state index contributed by atoms with van der Waals surface area (Å²) >= 11 is 0. The van der Waals surface area contributed by atoms with Crippen molar-refractivity contribution in [1.29, 1.82) is 0 Å². The average Bonchev–Trinajstić information content (AvgIpc) is 3.50. The van der Waals surface area contributed by atoms with Crippen LogP contribution in [-0.4, -0.2) is 55.5 Å². The minimum Gasteiger partial charge on any atom is -0.466 e. The third kappa shape index (κ3) is 6.42. The van der Waals surface area contributed by atoms with Gasteiger partial charge in [-0.1, -0.05) is 0 Å². The number of rotatable bonds is 10. The van der Waals surface area contributed by atoms with Crippen LogP contribution in [0.3, 0.4) is 0 Å². The second-order valence-electron chi connectivity index (χ2n) is 8.12. The lowest BCUT2D eigenvalue weighted by molar-refractivity contribution is -0.384. The number of hydrogen-bond acceptors (Lipinski definition) is 7. The average molecular weight is 514 g/mol. The molecule has 3 rings (SSSR count). The van der Waals surface area contributed by atoms with Gasteiger partial charge in [0.2, 0.25) is 0 Å². The first-order valence-corrected chi connectivity index (χ1v) is 11.2. The number of nitrogens with zero attached hydrogens (tertiary/aromatic N) is 4. The second-order valence-corrected chi connectivity index (χ2v) is 8.12. The molecule has 3 aromatic rings. The van der Waals surface area contributed by atoms with Gasteiger partial charge in [-0.2, -0.15) is 0 Å². The lowest BCUT2D eigenvalue weighted by atomic mass is 10.3. The lowest BCUT2D eigenvalue weighted by Gasteiger charge is -2.05. The van der Waals surface area contributed by atoms with E-state index in [0.717, 1.165) is 6.07 Å². The smallest absolute Gasteiger partial charge is 0.307 e. The highest BCUT2D eigenvalue weighted by atomic mass is 16.6. The van der Waals surface area contributed by atoms with E-state index in [9.17, 15) is 29.3 Å². The van der Waals surface area contributed by atoms with Crippen molar-refractivity contribution in [1.82, 2.24) is 19.0 Å². The third-order valence-corrected chi connectivity index (χ3v) is 5.34. The second kappa shape index (κ2) is 11.2. The molecule has 3 N–H and O–H groups in total. The Balaban J connectivity index is 1.64. The van der Waals surface area contributed by atoms with Gasteiger partial charge in [0.25, 0.3) is 23.4 Å². The maximum atomic E-state index is 12.9. The summed E-state index contributed by atoms with van der Waals surface area (Å²) in [5, 5.41) is 18.9. The van der Waals surface area contributed by atoms with Crippen molar-refractivity contribution in [3.63, 3.8) is 0 Å². The molecular weight excluding hydrogens is 486 g/mol. The van der Waals surface area contributed by atoms with Gasteiger partial charge in [0.1, 0.15) is 17.1 Å². The van der Waals surface area contributed by atoms with Crippen molar-refractivity contribution in [2.75, 3.05) is 23.8 Å². The third-order valence-electron chi connectivity index (χ3n) is 5.34. The Bertz CT molecular complexity index is 1370. The fourth-order valence-electron chi connectivity index (χ4n) is 3.58. The topological polar surface area (TPSA) is 172 Å². The summed E-state index contributed by atoms with van der Waals surface area (Å²) in [5.74, 6) is -1.89. The van der Waals surface area contributed by atoms with Gasteiger partial charge in [-0.3, -0.25) is 29.3 Å². The SMILES string of the molecule is CCOC(=O)CCNC(=O)c1cc(NC(=O)c2cc(NC(=O)c3cc([N+](=O)[O-])cn3C)cn2C)cn1C. The van der Waals surface area contributed by atoms with Crippen LogP contribution >= 0.6 is 0 Å². The predicted octanol–water partition coefficient (Wildman–Crippen LogP) is 1.80. The molecule has 0 fully saturated rings. The van der Waals surface area contributed by atoms with E-state index in [-0.39, 0.29) is 42.3 Å². The van der Waals surface area contributed by atoms with Crippen molar-refractivity contribution in [3.05, 3.63) is 64.0 Å². The molecule has 0 radical (unpaired) electrons. The van der Waals surface area contributed by atoms with Crippen LogP contribution in [0.5, 0.6) is 0 Å². The number of nitrogens with one attached hydrogen (secondary N) is 3. The normalized spacial score (nSPS) is 10.6. The van der Waals surface area contributed by atoms with E-state index < -0.39 is 28.6 Å². The molecule has 0 aliphatic heterocycles. The zero-order chi connectivity index (χ0) is 27.3. The highest BCUT2D eigenvalue weighted by Crippen LogP contribution is 2.20. The standard InChI is InChI=1S/C23H27N7O7/c1-5-37-20(31)6-7-24-21(32)17-8-14(11-27(17)2)25-22(33)18-9-15(12-28(18)3)26-23(34)19-10-16(30(35)36)13-29(19)4/h8-13H,5-7H2,1-4H3,(H,24,32)(H,25,33)(H,26,34). The molecule has 0 bridgehead atoms. The van der Waals surface area contributed by atoms with Crippen LogP contribution in [0.4, 0.5) is 17.1 Å². The molecule has 3 aromatic heterocycles. The summed E-state index contributed by atoms with van der Waals surface area (Å²) in [6.45, 7) is 2.07. The van der Waals surface area contributed by atoms with Crippen LogP contribution in [-0.2, 0) is 30.7 Å². The van der Waals surface area contributed by atoms with Crippen molar-refractivity contribution >= 4 is 40.8 Å². The van der Waals surface area contributed by atoms with E-state index >= 15 is 0 Å². The number of aromatic nitrogens is 3. The van der Waals surface area contributed by atoms with Crippen molar-refractivity contribution in [2.24, 2.45) is 21.1 Å². The highest BCUT2D eigenvalue weighted by Gasteiger charge is 2.20. The molecule has 0 spiro atoms. The molecule has 0 saturated heterocycles. The van der Waals surface area contributed by atoms with Crippen LogP contribution in [0.15, 0.2) is 36.8 Å². The molecule has 196 valence electrons. The van der Waals surface area contributed by atoms with Gasteiger partial charge in [-0.25, -0.2) is 0 Å². The van der Waals surface area contributed by atoms with Gasteiger partial charge in [-0.05, 0) is 19.1 Å². The number of amides is 3. The monoisotopic (exact) mass is 513 g/mol. The molecule has 3 amide bonds. The molecule has 0 aliphatic carbocycles. The van der Waals surface area contributed by atoms with Crippen molar-refractivity contribution in [3.8, 4) is 0 Å². The largest absolute Gasteiger partial charge is 0.466 e. The molecule has 14 nitrogen and oxygen atoms in total. The van der Waals surface area contributed by atoms with Crippen molar-refractivity contribution in [2.45, 2.75) is 13.3 Å². The molecule has 0 saturated carbocycles. The Morgan fingerprint density at radius 3 is 1.81 bits per heavy atom. The zero-order valence-electron chi connectivity index (χ0n) is 20.7. The molecular formula is C23H27N7O7. The number of anilines is 2. The summed E-state index contributed by atoms with van der Waals surface area (Å²) in [6, 6.07) is 4.11. The van der Waals surface area contributed by atoms with E-state index in [1.54, 1.807) is 27.2 Å². The van der Waals surface area contributed by atoms with Gasteiger partial charge in [0, 0.05) is 46.1 Å². The lowest BCUT2D eigenvalue weighted by Crippen LogP contribution is -2.28. The van der Waals surface area contributed by atoms with Crippen molar-refractivity contribution < 1.29 is 28.8 Å². The first-order valence-electron chi connectivity index (χ1n) is 11.2. The number of hydrogen-bond donors (Lipinski definition) is 3. The molecule has 3 heterocycles. The Morgan fingerprint density at radius 2 is 1.32 bits per heavy atom. The minimum atomic E-state index is -0.593. The maximum absolute atomic E-state index is 12.9. The van der Waals surface area contributed by atoms with E-state index in [0.29, 0.717) is 11.4 Å². The summed E-state index contributed by atoms with van der Waals surface area (Å²) in [6.07, 6.45) is 4.36. The molecule has 0 aromatic carbocycles. The minimum absolute atomic E-state index is 0.0426. The fourth-order valence-corrected chi connectivity index (χ4v) is 3.58. The summed E-state index contributed by atoms with van der Waals surface area (Å²) < 4.78 is 9.19. The van der Waals surface area contributed by atoms with Gasteiger partial charge in [0.05, 0.1) is 35.5 Å². The van der Waals surface area contributed by atoms with Crippen LogP contribution in [0.2, 0.25) is 0 Å². The van der Waals surface area contributed by atoms with Crippen LogP contribution < -0.4 is 16.0 Å². The van der Waals surface area contributed by atoms with E-state index in [4.69, 9.17) is 4.74 Å². The van der Waals surface area contributed by atoms with E-state index in [2.05, 4.69) is 16.0 Å². The molecule has 37 heavy (non-hydrogen) atoms. The number of carbonyl (C=O) groups is 4. The van der Waals surface area contributed by atoms with E-state index in [1.807, 2.05) is 0 Å². The maximum Gasteiger partial charge on any atom is 0.307 e. The first-order chi connectivity index (χ1) is 17.5. The first kappa shape index (κ1) is 26.7. The number of aryl methyl sites for hydroxylation is 3. The van der Waals surface area contributed by atoms with Gasteiger partial charge in [-0.15, -0.1) is 0 Å². The Hall–Kier alpha value is -4.88. The van der Waals surface area contributed by atoms with Gasteiger partial charge < -0.3 is 34.4 Å². The number of ether oxygens (including phenoxy) is 1. The number of esters is 1. The Morgan fingerprint density at radius 1 is 0.838 bits per heavy atom. The van der Waals surface area contributed by atoms with Gasteiger partial charge in [0.15, 0.2) is 0 Å². The molecule has 0 atom stereocenters. The summed E-state index contributed by atoms with van der Waals surface area (Å²) in [5.41, 5.74) is 1.05. The van der Waals surface area contributed by atoms with Gasteiger partial charge >= 0.3 is 5.97 Å². The fraction of sp³-hybridized carbons (Fsp3) is 0.304. The highest BCUT2D eigenvalue weighted by molar-refractivity contribution is 6.07. The zero-order valence-corrected chi connectivity index (χ0v) is 20.7. The number of nitro groups is 1. The predicted molar refractivity (Wildman–Crippen MR) is 132 cm³/mol. The quantitative estimate of drug-likeness (QED) is 0.211.